The fourth-order valence-electron chi connectivity index (χ4n) is 1.19. The van der Waals surface area contributed by atoms with Crippen molar-refractivity contribution < 1.29 is 4.79 Å². The zero-order chi connectivity index (χ0) is 12.8. The summed E-state index contributed by atoms with van der Waals surface area (Å²) in [5.41, 5.74) is 7.02. The van der Waals surface area contributed by atoms with Crippen LogP contribution in [-0.4, -0.2) is 26.9 Å². The van der Waals surface area contributed by atoms with Crippen LogP contribution in [0.1, 0.15) is 25.2 Å². The van der Waals surface area contributed by atoms with Gasteiger partial charge >= 0.3 is 0 Å². The van der Waals surface area contributed by atoms with Crippen LogP contribution >= 0.6 is 11.8 Å². The maximum Gasteiger partial charge on any atom is 0.248 e. The predicted octanol–water partition coefficient (Wildman–Crippen LogP) is 1.68. The Bertz CT molecular complexity index is 375. The highest BCUT2D eigenvalue weighted by atomic mass is 32.2. The Labute approximate surface area is 106 Å². The molecule has 0 saturated carbocycles. The van der Waals surface area contributed by atoms with E-state index < -0.39 is 0 Å². The maximum atomic E-state index is 11.4. The summed E-state index contributed by atoms with van der Waals surface area (Å²) in [6, 6.07) is 1.88. The van der Waals surface area contributed by atoms with E-state index in [0.29, 0.717) is 17.0 Å². The van der Waals surface area contributed by atoms with E-state index in [1.54, 1.807) is 11.8 Å². The SMILES string of the molecule is Cc1cc(C)nc(NNC(=O)CSC(C)C)n1. The zero-order valence-electron chi connectivity index (χ0n) is 10.6. The van der Waals surface area contributed by atoms with Gasteiger partial charge in [-0.3, -0.25) is 15.6 Å². The smallest absolute Gasteiger partial charge is 0.248 e. The quantitative estimate of drug-likeness (QED) is 0.783. The lowest BCUT2D eigenvalue weighted by atomic mass is 10.4. The number of hydrogen-bond acceptors (Lipinski definition) is 5. The van der Waals surface area contributed by atoms with Gasteiger partial charge in [0.05, 0.1) is 5.75 Å². The van der Waals surface area contributed by atoms with E-state index in [1.165, 1.54) is 0 Å². The number of carbonyl (C=O) groups excluding carboxylic acids is 1. The van der Waals surface area contributed by atoms with E-state index in [-0.39, 0.29) is 5.91 Å². The van der Waals surface area contributed by atoms with Gasteiger partial charge in [-0.25, -0.2) is 9.97 Å². The van der Waals surface area contributed by atoms with Crippen molar-refractivity contribution in [1.82, 2.24) is 15.4 Å². The highest BCUT2D eigenvalue weighted by molar-refractivity contribution is 8.00. The second kappa shape index (κ2) is 6.44. The van der Waals surface area contributed by atoms with Crippen LogP contribution in [0.3, 0.4) is 0 Å². The number of aromatic nitrogens is 2. The number of hydrogen-bond donors (Lipinski definition) is 2. The number of carbonyl (C=O) groups is 1. The molecule has 0 radical (unpaired) electrons. The minimum absolute atomic E-state index is 0.0774. The van der Waals surface area contributed by atoms with Crippen molar-refractivity contribution in [2.24, 2.45) is 0 Å². The summed E-state index contributed by atoms with van der Waals surface area (Å²) in [6.45, 7) is 7.88. The molecule has 0 atom stereocenters. The van der Waals surface area contributed by atoms with E-state index in [4.69, 9.17) is 0 Å². The van der Waals surface area contributed by atoms with Gasteiger partial charge in [0, 0.05) is 11.4 Å². The number of amides is 1. The molecule has 0 spiro atoms. The Morgan fingerprint density at radius 2 is 1.94 bits per heavy atom. The third kappa shape index (κ3) is 5.53. The van der Waals surface area contributed by atoms with Gasteiger partial charge in [0.25, 0.3) is 0 Å². The summed E-state index contributed by atoms with van der Waals surface area (Å²) in [5, 5.41) is 0.443. The van der Waals surface area contributed by atoms with Crippen LogP contribution in [0.4, 0.5) is 5.95 Å². The molecule has 0 bridgehead atoms. The van der Waals surface area contributed by atoms with Crippen LogP contribution in [0, 0.1) is 13.8 Å². The van der Waals surface area contributed by atoms with Crippen molar-refractivity contribution in [1.29, 1.82) is 0 Å². The monoisotopic (exact) mass is 254 g/mol. The fraction of sp³-hybridized carbons (Fsp3) is 0.545. The second-order valence-electron chi connectivity index (χ2n) is 4.01. The Balaban J connectivity index is 2.42. The van der Waals surface area contributed by atoms with Crippen molar-refractivity contribution in [2.45, 2.75) is 32.9 Å². The molecule has 2 N–H and O–H groups in total. The number of anilines is 1. The van der Waals surface area contributed by atoms with Gasteiger partial charge in [-0.1, -0.05) is 13.8 Å². The first-order valence-corrected chi connectivity index (χ1v) is 6.51. The van der Waals surface area contributed by atoms with E-state index in [0.717, 1.165) is 11.4 Å². The summed E-state index contributed by atoms with van der Waals surface area (Å²) in [5.74, 6) is 0.770. The predicted molar refractivity (Wildman–Crippen MR) is 70.9 cm³/mol. The lowest BCUT2D eigenvalue weighted by Gasteiger charge is -2.09. The highest BCUT2D eigenvalue weighted by Gasteiger charge is 2.04. The second-order valence-corrected chi connectivity index (χ2v) is 5.57. The number of nitrogens with zero attached hydrogens (tertiary/aromatic N) is 2. The van der Waals surface area contributed by atoms with Crippen molar-refractivity contribution in [3.8, 4) is 0 Å². The molecule has 6 heteroatoms. The summed E-state index contributed by atoms with van der Waals surface area (Å²) >= 11 is 1.59. The molecule has 0 aromatic carbocycles. The van der Waals surface area contributed by atoms with Crippen molar-refractivity contribution in [2.75, 3.05) is 11.2 Å². The van der Waals surface area contributed by atoms with Crippen molar-refractivity contribution in [3.63, 3.8) is 0 Å². The molecule has 1 aromatic heterocycles. The van der Waals surface area contributed by atoms with Crippen LogP contribution in [0.15, 0.2) is 6.07 Å². The maximum absolute atomic E-state index is 11.4. The Hall–Kier alpha value is -1.30. The Morgan fingerprint density at radius 1 is 1.35 bits per heavy atom. The molecule has 0 saturated heterocycles. The van der Waals surface area contributed by atoms with Gasteiger partial charge in [-0.15, -0.1) is 11.8 Å². The van der Waals surface area contributed by atoms with Gasteiger partial charge < -0.3 is 0 Å². The van der Waals surface area contributed by atoms with Gasteiger partial charge in [0.2, 0.25) is 11.9 Å². The average Bonchev–Trinajstić information content (AvgIpc) is 2.22. The van der Waals surface area contributed by atoms with E-state index >= 15 is 0 Å². The summed E-state index contributed by atoms with van der Waals surface area (Å²) in [6.07, 6.45) is 0. The minimum Gasteiger partial charge on any atom is -0.272 e. The van der Waals surface area contributed by atoms with Crippen LogP contribution < -0.4 is 10.9 Å². The molecule has 0 aliphatic heterocycles. The Morgan fingerprint density at radius 3 is 2.47 bits per heavy atom. The molecule has 1 amide bonds. The normalized spacial score (nSPS) is 10.4. The molecule has 1 rings (SSSR count). The third-order valence-corrected chi connectivity index (χ3v) is 2.94. The van der Waals surface area contributed by atoms with Crippen LogP contribution in [0.25, 0.3) is 0 Å². The molecule has 94 valence electrons. The Kier molecular flexibility index (Phi) is 5.21. The molecule has 0 aliphatic rings. The van der Waals surface area contributed by atoms with Crippen LogP contribution in [0.2, 0.25) is 0 Å². The van der Waals surface area contributed by atoms with Gasteiger partial charge in [-0.05, 0) is 25.2 Å². The zero-order valence-corrected chi connectivity index (χ0v) is 11.4. The fourth-order valence-corrected chi connectivity index (χ4v) is 1.74. The molecule has 17 heavy (non-hydrogen) atoms. The number of aryl methyl sites for hydroxylation is 2. The lowest BCUT2D eigenvalue weighted by Crippen LogP contribution is -2.32. The number of nitrogens with one attached hydrogen (secondary N) is 2. The lowest BCUT2D eigenvalue weighted by molar-refractivity contribution is -0.118. The molecular formula is C11H18N4OS. The van der Waals surface area contributed by atoms with E-state index in [1.807, 2.05) is 19.9 Å². The first kappa shape index (κ1) is 13.8. The largest absolute Gasteiger partial charge is 0.272 e. The number of rotatable bonds is 5. The molecule has 0 fully saturated rings. The molecule has 1 aromatic rings. The topological polar surface area (TPSA) is 66.9 Å². The van der Waals surface area contributed by atoms with Gasteiger partial charge in [-0.2, -0.15) is 0 Å². The van der Waals surface area contributed by atoms with E-state index in [2.05, 4.69) is 34.7 Å². The van der Waals surface area contributed by atoms with Gasteiger partial charge in [0.15, 0.2) is 0 Å². The molecule has 5 nitrogen and oxygen atoms in total. The van der Waals surface area contributed by atoms with E-state index in [9.17, 15) is 4.79 Å². The molecule has 0 aliphatic carbocycles. The highest BCUT2D eigenvalue weighted by Crippen LogP contribution is 2.07. The molecule has 1 heterocycles. The third-order valence-electron chi connectivity index (χ3n) is 1.84. The molecule has 0 unspecified atom stereocenters. The van der Waals surface area contributed by atoms with Crippen LogP contribution in [-0.2, 0) is 4.79 Å². The number of hydrazine groups is 1. The molecular weight excluding hydrogens is 236 g/mol. The summed E-state index contributed by atoms with van der Waals surface area (Å²) in [4.78, 5) is 19.8. The van der Waals surface area contributed by atoms with Crippen molar-refractivity contribution in [3.05, 3.63) is 17.5 Å². The first-order chi connectivity index (χ1) is 7.97. The van der Waals surface area contributed by atoms with Crippen molar-refractivity contribution >= 4 is 23.6 Å². The minimum atomic E-state index is -0.0774. The number of thioether (sulfide) groups is 1. The average molecular weight is 254 g/mol. The standard InChI is InChI=1S/C11H18N4OS/c1-7(2)17-6-10(16)14-15-11-12-8(3)5-9(4)13-11/h5,7H,6H2,1-4H3,(H,14,16)(H,12,13,15). The first-order valence-electron chi connectivity index (χ1n) is 5.46. The summed E-state index contributed by atoms with van der Waals surface area (Å²) in [7, 11) is 0. The summed E-state index contributed by atoms with van der Waals surface area (Å²) < 4.78 is 0. The van der Waals surface area contributed by atoms with Gasteiger partial charge in [0.1, 0.15) is 0 Å². The van der Waals surface area contributed by atoms with Crippen LogP contribution in [0.5, 0.6) is 0 Å².